The summed E-state index contributed by atoms with van der Waals surface area (Å²) >= 11 is 5.78. The zero-order chi connectivity index (χ0) is 15.6. The molecule has 0 fully saturated rings. The molecule has 1 N–H and O–H groups in total. The molecule has 0 atom stereocenters. The molecule has 0 aliphatic carbocycles. The lowest BCUT2D eigenvalue weighted by Crippen LogP contribution is -2.15. The van der Waals surface area contributed by atoms with Gasteiger partial charge < -0.3 is 0 Å². The van der Waals surface area contributed by atoms with Crippen molar-refractivity contribution in [3.05, 3.63) is 58.6 Å². The monoisotopic (exact) mass is 328 g/mol. The Kier molecular flexibility index (Phi) is 4.11. The van der Waals surface area contributed by atoms with E-state index in [1.807, 2.05) is 4.72 Å². The van der Waals surface area contributed by atoms with Crippen LogP contribution >= 0.6 is 11.6 Å². The van der Waals surface area contributed by atoms with Crippen LogP contribution in [0.3, 0.4) is 0 Å². The first-order valence-corrected chi connectivity index (χ1v) is 7.37. The highest BCUT2D eigenvalue weighted by molar-refractivity contribution is 7.92. The van der Waals surface area contributed by atoms with Crippen LogP contribution in [0.25, 0.3) is 0 Å². The van der Waals surface area contributed by atoms with Gasteiger partial charge in [0.1, 0.15) is 16.5 Å². The van der Waals surface area contributed by atoms with Crippen LogP contribution in [-0.2, 0) is 10.0 Å². The molecule has 0 heterocycles. The summed E-state index contributed by atoms with van der Waals surface area (Å²) in [6, 6.07) is 7.73. The second-order valence-electron chi connectivity index (χ2n) is 3.99. The summed E-state index contributed by atoms with van der Waals surface area (Å²) < 4.78 is 52.8. The number of hydrogen-bond acceptors (Lipinski definition) is 3. The van der Waals surface area contributed by atoms with E-state index in [0.29, 0.717) is 6.07 Å². The van der Waals surface area contributed by atoms with Crippen LogP contribution in [0.15, 0.2) is 41.3 Å². The molecule has 2 rings (SSSR count). The molecule has 0 unspecified atom stereocenters. The number of anilines is 1. The van der Waals surface area contributed by atoms with Crippen molar-refractivity contribution in [3.8, 4) is 6.07 Å². The van der Waals surface area contributed by atoms with Crippen LogP contribution in [0.2, 0.25) is 5.02 Å². The lowest BCUT2D eigenvalue weighted by Gasteiger charge is -2.10. The Hall–Kier alpha value is -2.17. The summed E-state index contributed by atoms with van der Waals surface area (Å²) in [5.41, 5.74) is -0.479. The van der Waals surface area contributed by atoms with E-state index in [1.54, 1.807) is 6.07 Å². The van der Waals surface area contributed by atoms with Crippen molar-refractivity contribution in [1.82, 2.24) is 0 Å². The molecular formula is C13H7ClF2N2O2S. The molecule has 0 spiro atoms. The van der Waals surface area contributed by atoms with Gasteiger partial charge >= 0.3 is 0 Å². The van der Waals surface area contributed by atoms with Gasteiger partial charge in [-0.15, -0.1) is 0 Å². The molecule has 21 heavy (non-hydrogen) atoms. The van der Waals surface area contributed by atoms with Crippen molar-refractivity contribution in [2.75, 3.05) is 4.72 Å². The molecule has 0 aliphatic heterocycles. The molecule has 2 aromatic carbocycles. The predicted octanol–water partition coefficient (Wildman–Crippen LogP) is 3.29. The van der Waals surface area contributed by atoms with Gasteiger partial charge in [-0.2, -0.15) is 5.26 Å². The predicted molar refractivity (Wildman–Crippen MR) is 73.3 cm³/mol. The van der Waals surface area contributed by atoms with Crippen molar-refractivity contribution < 1.29 is 17.2 Å². The maximum Gasteiger partial charge on any atom is 0.263 e. The Morgan fingerprint density at radius 3 is 2.52 bits per heavy atom. The molecular weight excluding hydrogens is 322 g/mol. The first kappa shape index (κ1) is 15.2. The van der Waals surface area contributed by atoms with E-state index in [9.17, 15) is 17.2 Å². The number of benzene rings is 2. The van der Waals surface area contributed by atoms with Crippen LogP contribution in [0.1, 0.15) is 5.56 Å². The first-order valence-electron chi connectivity index (χ1n) is 5.51. The van der Waals surface area contributed by atoms with Crippen LogP contribution in [0.5, 0.6) is 0 Å². The lowest BCUT2D eigenvalue weighted by atomic mass is 10.2. The molecule has 2 aromatic rings. The van der Waals surface area contributed by atoms with Gasteiger partial charge in [-0.05, 0) is 30.3 Å². The Bertz CT molecular complexity index is 848. The second-order valence-corrected chi connectivity index (χ2v) is 6.04. The topological polar surface area (TPSA) is 70.0 Å². The van der Waals surface area contributed by atoms with Crippen molar-refractivity contribution in [1.29, 1.82) is 5.26 Å². The number of rotatable bonds is 3. The van der Waals surface area contributed by atoms with Crippen molar-refractivity contribution in [3.63, 3.8) is 0 Å². The summed E-state index contributed by atoms with van der Waals surface area (Å²) in [6.45, 7) is 0. The smallest absolute Gasteiger partial charge is 0.263 e. The van der Waals surface area contributed by atoms with Gasteiger partial charge in [-0.25, -0.2) is 17.2 Å². The number of nitrogens with zero attached hydrogens (tertiary/aromatic N) is 1. The minimum Gasteiger partial charge on any atom is -0.276 e. The largest absolute Gasteiger partial charge is 0.276 e. The highest BCUT2D eigenvalue weighted by Gasteiger charge is 2.20. The lowest BCUT2D eigenvalue weighted by molar-refractivity contribution is 0.594. The normalized spacial score (nSPS) is 11.0. The number of sulfonamides is 1. The summed E-state index contributed by atoms with van der Waals surface area (Å²) in [7, 11) is -4.26. The highest BCUT2D eigenvalue weighted by Crippen LogP contribution is 2.26. The van der Waals surface area contributed by atoms with Gasteiger partial charge in [-0.1, -0.05) is 11.6 Å². The number of nitrogens with one attached hydrogen (secondary N) is 1. The second kappa shape index (κ2) is 5.68. The fraction of sp³-hybridized carbons (Fsp3) is 0. The summed E-state index contributed by atoms with van der Waals surface area (Å²) in [5, 5.41) is 8.63. The average Bonchev–Trinajstić information content (AvgIpc) is 2.43. The number of hydrogen-bond donors (Lipinski definition) is 1. The molecule has 0 aliphatic rings. The highest BCUT2D eigenvalue weighted by atomic mass is 35.5. The maximum absolute atomic E-state index is 13.5. The quantitative estimate of drug-likeness (QED) is 0.939. The standard InChI is InChI=1S/C13H7ClF2N2O2S/c14-10-3-1-8(7-17)5-13(10)21(19,20)18-12-6-9(15)2-4-11(12)16/h1-6,18H. The zero-order valence-electron chi connectivity index (χ0n) is 10.3. The van der Waals surface area contributed by atoms with E-state index in [-0.39, 0.29) is 10.6 Å². The van der Waals surface area contributed by atoms with Crippen LogP contribution in [0.4, 0.5) is 14.5 Å². The fourth-order valence-corrected chi connectivity index (χ4v) is 3.14. The SMILES string of the molecule is N#Cc1ccc(Cl)c(S(=O)(=O)Nc2cc(F)ccc2F)c1. The van der Waals surface area contributed by atoms with Crippen LogP contribution in [-0.4, -0.2) is 8.42 Å². The van der Waals surface area contributed by atoms with E-state index in [4.69, 9.17) is 16.9 Å². The zero-order valence-corrected chi connectivity index (χ0v) is 11.8. The van der Waals surface area contributed by atoms with Crippen LogP contribution in [0, 0.1) is 23.0 Å². The van der Waals surface area contributed by atoms with Gasteiger partial charge in [0.25, 0.3) is 10.0 Å². The molecule has 0 aromatic heterocycles. The average molecular weight is 329 g/mol. The summed E-state index contributed by atoms with van der Waals surface area (Å²) in [6.07, 6.45) is 0. The third-order valence-electron chi connectivity index (χ3n) is 2.52. The van der Waals surface area contributed by atoms with Gasteiger partial charge in [0.2, 0.25) is 0 Å². The van der Waals surface area contributed by atoms with Gasteiger partial charge in [0, 0.05) is 6.07 Å². The Balaban J connectivity index is 2.48. The molecule has 0 amide bonds. The van der Waals surface area contributed by atoms with E-state index < -0.39 is 32.2 Å². The molecule has 0 radical (unpaired) electrons. The summed E-state index contributed by atoms with van der Waals surface area (Å²) in [5.74, 6) is -1.74. The maximum atomic E-state index is 13.5. The third-order valence-corrected chi connectivity index (χ3v) is 4.37. The Morgan fingerprint density at radius 2 is 1.86 bits per heavy atom. The van der Waals surface area contributed by atoms with E-state index in [0.717, 1.165) is 18.2 Å². The number of halogens is 3. The van der Waals surface area contributed by atoms with Crippen LogP contribution < -0.4 is 4.72 Å². The third kappa shape index (κ3) is 3.29. The Morgan fingerprint density at radius 1 is 1.14 bits per heavy atom. The first-order chi connectivity index (χ1) is 9.83. The van der Waals surface area contributed by atoms with E-state index >= 15 is 0 Å². The Labute approximate surface area is 124 Å². The molecule has 4 nitrogen and oxygen atoms in total. The molecule has 108 valence electrons. The van der Waals surface area contributed by atoms with Gasteiger partial charge in [0.15, 0.2) is 0 Å². The van der Waals surface area contributed by atoms with E-state index in [1.165, 1.54) is 12.1 Å². The molecule has 0 saturated heterocycles. The number of nitriles is 1. The van der Waals surface area contributed by atoms with Gasteiger partial charge in [0.05, 0.1) is 22.3 Å². The van der Waals surface area contributed by atoms with E-state index in [2.05, 4.69) is 0 Å². The van der Waals surface area contributed by atoms with Crippen molar-refractivity contribution >= 4 is 27.3 Å². The molecule has 8 heteroatoms. The molecule has 0 saturated carbocycles. The summed E-state index contributed by atoms with van der Waals surface area (Å²) in [4.78, 5) is -0.396. The minimum atomic E-state index is -4.26. The fourth-order valence-electron chi connectivity index (χ4n) is 1.55. The van der Waals surface area contributed by atoms with Gasteiger partial charge in [-0.3, -0.25) is 4.72 Å². The minimum absolute atomic E-state index is 0.0690. The molecule has 0 bridgehead atoms. The van der Waals surface area contributed by atoms with Crippen molar-refractivity contribution in [2.24, 2.45) is 0 Å². The van der Waals surface area contributed by atoms with Crippen molar-refractivity contribution in [2.45, 2.75) is 4.90 Å².